The molecule has 0 fully saturated rings. The van der Waals surface area contributed by atoms with E-state index in [9.17, 15) is 9.18 Å². The van der Waals surface area contributed by atoms with Crippen LogP contribution in [0.3, 0.4) is 0 Å². The Hall–Kier alpha value is -4.27. The Morgan fingerprint density at radius 2 is 1.91 bits per heavy atom. The van der Waals surface area contributed by atoms with E-state index < -0.39 is 0 Å². The number of amides is 1. The lowest BCUT2D eigenvalue weighted by molar-refractivity contribution is 0.102. The molecule has 0 aliphatic rings. The Morgan fingerprint density at radius 1 is 1.09 bits per heavy atom. The van der Waals surface area contributed by atoms with Gasteiger partial charge in [-0.25, -0.2) is 14.1 Å². The highest BCUT2D eigenvalue weighted by molar-refractivity contribution is 6.05. The summed E-state index contributed by atoms with van der Waals surface area (Å²) in [6, 6.07) is 11.8. The fourth-order valence-electron chi connectivity index (χ4n) is 3.74. The predicted octanol–water partition coefficient (Wildman–Crippen LogP) is 3.77. The molecule has 8 nitrogen and oxygen atoms in total. The Labute approximate surface area is 182 Å². The van der Waals surface area contributed by atoms with Crippen molar-refractivity contribution in [2.24, 2.45) is 0 Å². The molecule has 0 bridgehead atoms. The zero-order valence-electron chi connectivity index (χ0n) is 17.5. The van der Waals surface area contributed by atoms with Crippen LogP contribution in [0.1, 0.15) is 27.4 Å². The Kier molecular flexibility index (Phi) is 4.78. The van der Waals surface area contributed by atoms with Gasteiger partial charge in [0.2, 0.25) is 0 Å². The predicted molar refractivity (Wildman–Crippen MR) is 117 cm³/mol. The summed E-state index contributed by atoms with van der Waals surface area (Å²) in [5.41, 5.74) is 4.72. The van der Waals surface area contributed by atoms with Gasteiger partial charge < -0.3 is 9.72 Å². The lowest BCUT2D eigenvalue weighted by Crippen LogP contribution is -2.14. The summed E-state index contributed by atoms with van der Waals surface area (Å²) >= 11 is 0. The van der Waals surface area contributed by atoms with E-state index in [4.69, 9.17) is 0 Å². The summed E-state index contributed by atoms with van der Waals surface area (Å²) in [5, 5.41) is 11.7. The van der Waals surface area contributed by atoms with Gasteiger partial charge in [-0.05, 0) is 50.2 Å². The maximum absolute atomic E-state index is 13.2. The maximum Gasteiger partial charge on any atom is 0.259 e. The monoisotopic (exact) mass is 429 g/mol. The van der Waals surface area contributed by atoms with Gasteiger partial charge in [0.15, 0.2) is 0 Å². The molecule has 0 saturated heterocycles. The summed E-state index contributed by atoms with van der Waals surface area (Å²) in [4.78, 5) is 17.5. The molecule has 0 unspecified atom stereocenters. The highest BCUT2D eigenvalue weighted by atomic mass is 19.1. The number of halogens is 1. The number of benzene rings is 1. The van der Waals surface area contributed by atoms with Gasteiger partial charge in [-0.1, -0.05) is 6.07 Å². The highest BCUT2D eigenvalue weighted by Crippen LogP contribution is 2.20. The van der Waals surface area contributed by atoms with Gasteiger partial charge in [0.05, 0.1) is 46.8 Å². The molecule has 4 aromatic heterocycles. The zero-order chi connectivity index (χ0) is 22.2. The maximum atomic E-state index is 13.2. The van der Waals surface area contributed by atoms with Crippen molar-refractivity contribution in [2.45, 2.75) is 20.4 Å². The minimum Gasteiger partial charge on any atom is -0.319 e. The van der Waals surface area contributed by atoms with Crippen LogP contribution < -0.4 is 5.32 Å². The number of rotatable bonds is 5. The normalized spacial score (nSPS) is 11.2. The lowest BCUT2D eigenvalue weighted by atomic mass is 10.2. The van der Waals surface area contributed by atoms with Crippen LogP contribution in [0.2, 0.25) is 0 Å². The number of hydrogen-bond acceptors (Lipinski definition) is 4. The number of carbonyl (C=O) groups is 1. The number of imidazole rings is 1. The average Bonchev–Trinajstić information content (AvgIpc) is 3.46. The number of hydrogen-bond donors (Lipinski definition) is 1. The van der Waals surface area contributed by atoms with Crippen molar-refractivity contribution in [1.82, 2.24) is 28.9 Å². The van der Waals surface area contributed by atoms with Crippen molar-refractivity contribution in [3.05, 3.63) is 95.7 Å². The standard InChI is InChI=1S/C23H20FN7O/c1-15-22(16(2)31(28-15)20-8-6-17(24)7-9-20)23(32)27-18-11-25-30(13-18)14-19-12-29-10-4-3-5-21(29)26-19/h3-13H,14H2,1-2H3,(H,27,32). The molecule has 32 heavy (non-hydrogen) atoms. The molecule has 1 aromatic carbocycles. The SMILES string of the molecule is Cc1nn(-c2ccc(F)cc2)c(C)c1C(=O)Nc1cnn(Cc2cn3ccccc3n2)c1. The van der Waals surface area contributed by atoms with E-state index in [2.05, 4.69) is 20.5 Å². The van der Waals surface area contributed by atoms with Gasteiger partial charge in [-0.3, -0.25) is 9.48 Å². The van der Waals surface area contributed by atoms with Crippen molar-refractivity contribution in [3.8, 4) is 5.69 Å². The zero-order valence-corrected chi connectivity index (χ0v) is 17.5. The molecule has 5 rings (SSSR count). The molecule has 0 aliphatic heterocycles. The Bertz CT molecular complexity index is 1400. The fraction of sp³-hybridized carbons (Fsp3) is 0.130. The van der Waals surface area contributed by atoms with E-state index in [0.29, 0.717) is 34.9 Å². The van der Waals surface area contributed by atoms with E-state index in [1.807, 2.05) is 41.9 Å². The molecular formula is C23H20FN7O. The first-order chi connectivity index (χ1) is 15.5. The highest BCUT2D eigenvalue weighted by Gasteiger charge is 2.20. The van der Waals surface area contributed by atoms with Gasteiger partial charge in [0.25, 0.3) is 5.91 Å². The number of anilines is 1. The number of pyridine rings is 1. The summed E-state index contributed by atoms with van der Waals surface area (Å²) in [6.45, 7) is 4.07. The second kappa shape index (κ2) is 7.77. The third kappa shape index (κ3) is 3.64. The largest absolute Gasteiger partial charge is 0.319 e. The van der Waals surface area contributed by atoms with Gasteiger partial charge in [0, 0.05) is 18.6 Å². The number of nitrogens with zero attached hydrogens (tertiary/aromatic N) is 6. The van der Waals surface area contributed by atoms with Crippen molar-refractivity contribution in [1.29, 1.82) is 0 Å². The van der Waals surface area contributed by atoms with Crippen molar-refractivity contribution >= 4 is 17.2 Å². The summed E-state index contributed by atoms with van der Waals surface area (Å²) < 4.78 is 18.6. The summed E-state index contributed by atoms with van der Waals surface area (Å²) in [6.07, 6.45) is 7.25. The van der Waals surface area contributed by atoms with Crippen molar-refractivity contribution in [2.75, 3.05) is 5.32 Å². The molecule has 0 atom stereocenters. The first kappa shape index (κ1) is 19.7. The molecule has 0 saturated carbocycles. The Balaban J connectivity index is 1.33. The second-order valence-corrected chi connectivity index (χ2v) is 7.51. The van der Waals surface area contributed by atoms with Crippen LogP contribution in [0.5, 0.6) is 0 Å². The van der Waals surface area contributed by atoms with E-state index >= 15 is 0 Å². The van der Waals surface area contributed by atoms with Gasteiger partial charge in [0.1, 0.15) is 11.5 Å². The van der Waals surface area contributed by atoms with Gasteiger partial charge in [-0.2, -0.15) is 10.2 Å². The van der Waals surface area contributed by atoms with E-state index in [1.54, 1.807) is 40.8 Å². The fourth-order valence-corrected chi connectivity index (χ4v) is 3.74. The molecular weight excluding hydrogens is 409 g/mol. The van der Waals surface area contributed by atoms with Crippen LogP contribution in [-0.4, -0.2) is 34.9 Å². The second-order valence-electron chi connectivity index (χ2n) is 7.51. The number of fused-ring (bicyclic) bond motifs is 1. The third-order valence-corrected chi connectivity index (χ3v) is 5.22. The van der Waals surface area contributed by atoms with Crippen LogP contribution in [0, 0.1) is 19.7 Å². The van der Waals surface area contributed by atoms with Crippen LogP contribution in [0.4, 0.5) is 10.1 Å². The van der Waals surface area contributed by atoms with Gasteiger partial charge >= 0.3 is 0 Å². The van der Waals surface area contributed by atoms with E-state index in [1.165, 1.54) is 12.1 Å². The van der Waals surface area contributed by atoms with Gasteiger partial charge in [-0.15, -0.1) is 0 Å². The average molecular weight is 429 g/mol. The van der Waals surface area contributed by atoms with Crippen LogP contribution in [0.25, 0.3) is 11.3 Å². The van der Waals surface area contributed by atoms with Crippen molar-refractivity contribution in [3.63, 3.8) is 0 Å². The number of nitrogens with one attached hydrogen (secondary N) is 1. The van der Waals surface area contributed by atoms with Crippen LogP contribution >= 0.6 is 0 Å². The molecule has 4 heterocycles. The van der Waals surface area contributed by atoms with Crippen molar-refractivity contribution < 1.29 is 9.18 Å². The topological polar surface area (TPSA) is 82.0 Å². The van der Waals surface area contributed by atoms with Crippen LogP contribution in [0.15, 0.2) is 67.3 Å². The number of aryl methyl sites for hydroxylation is 1. The minimum absolute atomic E-state index is 0.277. The molecule has 160 valence electrons. The third-order valence-electron chi connectivity index (χ3n) is 5.22. The first-order valence-corrected chi connectivity index (χ1v) is 10.1. The van der Waals surface area contributed by atoms with Crippen LogP contribution in [-0.2, 0) is 6.54 Å². The van der Waals surface area contributed by atoms with E-state index in [0.717, 1.165) is 11.3 Å². The molecule has 1 amide bonds. The summed E-state index contributed by atoms with van der Waals surface area (Å²) in [7, 11) is 0. The smallest absolute Gasteiger partial charge is 0.259 e. The summed E-state index contributed by atoms with van der Waals surface area (Å²) in [5.74, 6) is -0.602. The molecule has 0 radical (unpaired) electrons. The molecule has 5 aromatic rings. The Morgan fingerprint density at radius 3 is 2.69 bits per heavy atom. The molecule has 0 aliphatic carbocycles. The molecule has 0 spiro atoms. The van der Waals surface area contributed by atoms with E-state index in [-0.39, 0.29) is 11.7 Å². The molecule has 1 N–H and O–H groups in total. The number of aromatic nitrogens is 6. The minimum atomic E-state index is -0.325. The molecule has 9 heteroatoms. The number of carbonyl (C=O) groups excluding carboxylic acids is 1. The first-order valence-electron chi connectivity index (χ1n) is 10.1. The lowest BCUT2D eigenvalue weighted by Gasteiger charge is -2.06. The quantitative estimate of drug-likeness (QED) is 0.461.